The summed E-state index contributed by atoms with van der Waals surface area (Å²) in [6.45, 7) is 1.36. The molecule has 6 heteroatoms. The molecule has 74 valence electrons. The standard InChI is InChI=1S/C7H11NO5/c1-2-3-5(7(11)13-12)8-4-6(9)10/h3,8,12H,2,4H2,1H3,(H,9,10). The average Bonchev–Trinajstić information content (AvgIpc) is 2.10. The Morgan fingerprint density at radius 3 is 2.54 bits per heavy atom. The van der Waals surface area contributed by atoms with Crippen LogP contribution in [0.5, 0.6) is 0 Å². The SMILES string of the molecule is CCC=C(NCC(=O)O)C(=O)OO. The lowest BCUT2D eigenvalue weighted by molar-refractivity contribution is -0.229. The van der Waals surface area contributed by atoms with E-state index >= 15 is 0 Å². The molecule has 0 rings (SSSR count). The molecule has 0 saturated heterocycles. The van der Waals surface area contributed by atoms with E-state index in [4.69, 9.17) is 10.4 Å². The van der Waals surface area contributed by atoms with Gasteiger partial charge in [0, 0.05) is 0 Å². The Balaban J connectivity index is 4.19. The van der Waals surface area contributed by atoms with Crippen LogP contribution in [-0.2, 0) is 14.5 Å². The number of aliphatic carboxylic acids is 1. The first-order valence-corrected chi connectivity index (χ1v) is 3.63. The molecule has 0 amide bonds. The highest BCUT2D eigenvalue weighted by Crippen LogP contribution is 1.94. The zero-order valence-corrected chi connectivity index (χ0v) is 7.11. The molecule has 0 aromatic rings. The number of rotatable bonds is 5. The van der Waals surface area contributed by atoms with Crippen LogP contribution in [0.25, 0.3) is 0 Å². The van der Waals surface area contributed by atoms with Crippen molar-refractivity contribution in [3.8, 4) is 0 Å². The smallest absolute Gasteiger partial charge is 0.388 e. The maximum absolute atomic E-state index is 10.7. The summed E-state index contributed by atoms with van der Waals surface area (Å²) in [5.74, 6) is -2.10. The van der Waals surface area contributed by atoms with Crippen LogP contribution in [-0.4, -0.2) is 28.8 Å². The number of hydrogen-bond donors (Lipinski definition) is 3. The lowest BCUT2D eigenvalue weighted by atomic mass is 10.3. The molecule has 0 aliphatic heterocycles. The molecule has 0 bridgehead atoms. The Morgan fingerprint density at radius 1 is 1.54 bits per heavy atom. The molecule has 6 nitrogen and oxygen atoms in total. The third kappa shape index (κ3) is 4.81. The van der Waals surface area contributed by atoms with Crippen molar-refractivity contribution in [2.24, 2.45) is 0 Å². The molecule has 0 aliphatic rings. The summed E-state index contributed by atoms with van der Waals surface area (Å²) in [5, 5.41) is 18.6. The highest BCUT2D eigenvalue weighted by atomic mass is 17.1. The largest absolute Gasteiger partial charge is 0.480 e. The van der Waals surface area contributed by atoms with E-state index in [1.165, 1.54) is 6.08 Å². The predicted molar refractivity (Wildman–Crippen MR) is 42.7 cm³/mol. The van der Waals surface area contributed by atoms with Crippen LogP contribution in [0.1, 0.15) is 13.3 Å². The minimum absolute atomic E-state index is 0.0626. The molecule has 0 aromatic carbocycles. The number of nitrogens with one attached hydrogen (secondary N) is 1. The first kappa shape index (κ1) is 11.4. The van der Waals surface area contributed by atoms with Gasteiger partial charge in [0.1, 0.15) is 12.2 Å². The summed E-state index contributed by atoms with van der Waals surface area (Å²) >= 11 is 0. The van der Waals surface area contributed by atoms with Crippen molar-refractivity contribution in [2.75, 3.05) is 6.54 Å². The Kier molecular flexibility index (Phi) is 5.29. The molecule has 0 radical (unpaired) electrons. The van der Waals surface area contributed by atoms with Crippen molar-refractivity contribution in [3.05, 3.63) is 11.8 Å². The number of carbonyl (C=O) groups is 2. The molecule has 0 aromatic heterocycles. The van der Waals surface area contributed by atoms with Crippen LogP contribution in [0, 0.1) is 0 Å². The van der Waals surface area contributed by atoms with Crippen molar-refractivity contribution < 1.29 is 24.8 Å². The van der Waals surface area contributed by atoms with Gasteiger partial charge in [0.15, 0.2) is 0 Å². The van der Waals surface area contributed by atoms with Crippen molar-refractivity contribution >= 4 is 11.9 Å². The first-order chi connectivity index (χ1) is 6.11. The van der Waals surface area contributed by atoms with Crippen molar-refractivity contribution in [3.63, 3.8) is 0 Å². The molecule has 0 saturated carbocycles. The third-order valence-corrected chi connectivity index (χ3v) is 1.14. The van der Waals surface area contributed by atoms with Gasteiger partial charge < -0.3 is 10.4 Å². The fraction of sp³-hybridized carbons (Fsp3) is 0.429. The maximum atomic E-state index is 10.7. The highest BCUT2D eigenvalue weighted by Gasteiger charge is 2.10. The monoisotopic (exact) mass is 189 g/mol. The Bertz CT molecular complexity index is 223. The quantitative estimate of drug-likeness (QED) is 0.319. The second-order valence-electron chi connectivity index (χ2n) is 2.15. The molecule has 0 heterocycles. The van der Waals surface area contributed by atoms with Gasteiger partial charge in [0.2, 0.25) is 0 Å². The van der Waals surface area contributed by atoms with Crippen LogP contribution in [0.4, 0.5) is 0 Å². The molecular formula is C7H11NO5. The molecule has 3 N–H and O–H groups in total. The van der Waals surface area contributed by atoms with Crippen molar-refractivity contribution in [1.82, 2.24) is 5.32 Å². The number of hydrogen-bond acceptors (Lipinski definition) is 5. The van der Waals surface area contributed by atoms with Gasteiger partial charge in [-0.25, -0.2) is 4.79 Å². The highest BCUT2D eigenvalue weighted by molar-refractivity contribution is 5.88. The third-order valence-electron chi connectivity index (χ3n) is 1.14. The van der Waals surface area contributed by atoms with Gasteiger partial charge in [-0.2, -0.15) is 5.26 Å². The van der Waals surface area contributed by atoms with Gasteiger partial charge >= 0.3 is 11.9 Å². The molecule has 0 aliphatic carbocycles. The van der Waals surface area contributed by atoms with E-state index in [2.05, 4.69) is 10.2 Å². The number of carboxylic acid groups (broad SMARTS) is 1. The molecular weight excluding hydrogens is 178 g/mol. The van der Waals surface area contributed by atoms with Gasteiger partial charge in [0.05, 0.1) is 0 Å². The van der Waals surface area contributed by atoms with E-state index in [-0.39, 0.29) is 5.70 Å². The fourth-order valence-electron chi connectivity index (χ4n) is 0.652. The summed E-state index contributed by atoms with van der Waals surface area (Å²) in [7, 11) is 0. The molecule has 0 spiro atoms. The maximum Gasteiger partial charge on any atom is 0.388 e. The lowest BCUT2D eigenvalue weighted by Gasteiger charge is -2.04. The summed E-state index contributed by atoms with van der Waals surface area (Å²) in [5.41, 5.74) is -0.0626. The normalized spacial score (nSPS) is 10.8. The zero-order chi connectivity index (χ0) is 10.3. The number of allylic oxidation sites excluding steroid dienone is 1. The van der Waals surface area contributed by atoms with E-state index < -0.39 is 18.5 Å². The number of carbonyl (C=O) groups excluding carboxylic acids is 1. The van der Waals surface area contributed by atoms with E-state index in [9.17, 15) is 9.59 Å². The minimum atomic E-state index is -1.10. The topological polar surface area (TPSA) is 95.9 Å². The van der Waals surface area contributed by atoms with Gasteiger partial charge in [-0.15, -0.1) is 0 Å². The van der Waals surface area contributed by atoms with Gasteiger partial charge in [-0.1, -0.05) is 13.0 Å². The molecule has 0 atom stereocenters. The summed E-state index contributed by atoms with van der Waals surface area (Å²) < 4.78 is 0. The van der Waals surface area contributed by atoms with Crippen LogP contribution >= 0.6 is 0 Å². The molecule has 13 heavy (non-hydrogen) atoms. The summed E-state index contributed by atoms with van der Waals surface area (Å²) in [6.07, 6.45) is 1.94. The summed E-state index contributed by atoms with van der Waals surface area (Å²) in [4.78, 5) is 24.3. The van der Waals surface area contributed by atoms with Crippen LogP contribution in [0.15, 0.2) is 11.8 Å². The Hall–Kier alpha value is -1.56. The van der Waals surface area contributed by atoms with Crippen LogP contribution in [0.3, 0.4) is 0 Å². The van der Waals surface area contributed by atoms with E-state index in [0.717, 1.165) is 0 Å². The van der Waals surface area contributed by atoms with E-state index in [1.807, 2.05) is 0 Å². The molecule has 0 unspecified atom stereocenters. The van der Waals surface area contributed by atoms with Gasteiger partial charge in [0.25, 0.3) is 0 Å². The van der Waals surface area contributed by atoms with Crippen molar-refractivity contribution in [2.45, 2.75) is 13.3 Å². The Labute approximate surface area is 74.7 Å². The Morgan fingerprint density at radius 2 is 2.15 bits per heavy atom. The number of carboxylic acids is 1. The fourth-order valence-corrected chi connectivity index (χ4v) is 0.652. The molecule has 0 fully saturated rings. The van der Waals surface area contributed by atoms with Crippen LogP contribution < -0.4 is 5.32 Å². The van der Waals surface area contributed by atoms with E-state index in [1.54, 1.807) is 6.92 Å². The summed E-state index contributed by atoms with van der Waals surface area (Å²) in [6, 6.07) is 0. The minimum Gasteiger partial charge on any atom is -0.480 e. The van der Waals surface area contributed by atoms with Gasteiger partial charge in [-0.3, -0.25) is 9.68 Å². The second-order valence-corrected chi connectivity index (χ2v) is 2.15. The van der Waals surface area contributed by atoms with Crippen molar-refractivity contribution in [1.29, 1.82) is 0 Å². The zero-order valence-electron chi connectivity index (χ0n) is 7.11. The average molecular weight is 189 g/mol. The predicted octanol–water partition coefficient (Wildman–Crippen LogP) is -0.0293. The second kappa shape index (κ2) is 6.01. The van der Waals surface area contributed by atoms with E-state index in [0.29, 0.717) is 6.42 Å². The van der Waals surface area contributed by atoms with Crippen LogP contribution in [0.2, 0.25) is 0 Å². The first-order valence-electron chi connectivity index (χ1n) is 3.63. The lowest BCUT2D eigenvalue weighted by Crippen LogP contribution is -2.27. The van der Waals surface area contributed by atoms with Gasteiger partial charge in [-0.05, 0) is 6.42 Å².